The number of carboxylic acids is 1. The van der Waals surface area contributed by atoms with Gasteiger partial charge in [-0.3, -0.25) is 4.79 Å². The molecule has 1 aliphatic heterocycles. The van der Waals surface area contributed by atoms with E-state index in [1.807, 2.05) is 31.2 Å². The van der Waals surface area contributed by atoms with Gasteiger partial charge in [-0.2, -0.15) is 10.1 Å². The second kappa shape index (κ2) is 7.63. The van der Waals surface area contributed by atoms with Crippen LogP contribution in [0.25, 0.3) is 6.08 Å². The smallest absolute Gasteiger partial charge is 0.337 e. The largest absolute Gasteiger partial charge is 0.494 e. The van der Waals surface area contributed by atoms with Gasteiger partial charge in [-0.05, 0) is 55.8 Å². The van der Waals surface area contributed by atoms with Crippen LogP contribution in [0.5, 0.6) is 5.75 Å². The maximum absolute atomic E-state index is 12.8. The van der Waals surface area contributed by atoms with Gasteiger partial charge in [0.2, 0.25) is 0 Å². The molecule has 0 spiro atoms. The van der Waals surface area contributed by atoms with Crippen LogP contribution in [0.15, 0.2) is 53.1 Å². The quantitative estimate of drug-likeness (QED) is 0.782. The highest BCUT2D eigenvalue weighted by atomic mass is 35.5. The van der Waals surface area contributed by atoms with Crippen LogP contribution in [0.2, 0.25) is 5.02 Å². The normalized spacial score (nSPS) is 15.2. The molecule has 0 atom stereocenters. The molecule has 7 heteroatoms. The predicted octanol–water partition coefficient (Wildman–Crippen LogP) is 4.24. The Hall–Kier alpha value is -3.12. The Labute approximate surface area is 161 Å². The van der Waals surface area contributed by atoms with Crippen molar-refractivity contribution < 1.29 is 19.4 Å². The summed E-state index contributed by atoms with van der Waals surface area (Å²) < 4.78 is 5.41. The third-order valence-electron chi connectivity index (χ3n) is 3.99. The number of amides is 1. The molecule has 0 saturated heterocycles. The number of hydrogen-bond acceptors (Lipinski definition) is 4. The first kappa shape index (κ1) is 18.7. The summed E-state index contributed by atoms with van der Waals surface area (Å²) in [4.78, 5) is 24.1. The van der Waals surface area contributed by atoms with Gasteiger partial charge >= 0.3 is 5.97 Å². The van der Waals surface area contributed by atoms with Gasteiger partial charge in [0.1, 0.15) is 5.75 Å². The predicted molar refractivity (Wildman–Crippen MR) is 105 cm³/mol. The van der Waals surface area contributed by atoms with Gasteiger partial charge in [-0.15, -0.1) is 0 Å². The number of carbonyl (C=O) groups is 2. The number of carbonyl (C=O) groups excluding carboxylic acids is 1. The van der Waals surface area contributed by atoms with Crippen molar-refractivity contribution in [2.45, 2.75) is 13.8 Å². The zero-order chi connectivity index (χ0) is 19.6. The molecule has 1 aliphatic rings. The Bertz CT molecular complexity index is 964. The van der Waals surface area contributed by atoms with Gasteiger partial charge < -0.3 is 9.84 Å². The van der Waals surface area contributed by atoms with E-state index in [1.165, 1.54) is 17.1 Å². The van der Waals surface area contributed by atoms with Crippen molar-refractivity contribution in [1.29, 1.82) is 0 Å². The van der Waals surface area contributed by atoms with Crippen LogP contribution in [-0.2, 0) is 4.79 Å². The number of hydrogen-bond donors (Lipinski definition) is 1. The molecule has 0 radical (unpaired) electrons. The Morgan fingerprint density at radius 1 is 1.26 bits per heavy atom. The Balaban J connectivity index is 1.90. The van der Waals surface area contributed by atoms with Gasteiger partial charge in [0, 0.05) is 0 Å². The van der Waals surface area contributed by atoms with E-state index in [0.29, 0.717) is 23.6 Å². The molecular formula is C20H17ClN2O4. The van der Waals surface area contributed by atoms with Crippen molar-refractivity contribution in [3.05, 3.63) is 64.2 Å². The van der Waals surface area contributed by atoms with E-state index < -0.39 is 5.97 Å². The highest BCUT2D eigenvalue weighted by Crippen LogP contribution is 2.29. The van der Waals surface area contributed by atoms with Gasteiger partial charge in [-0.1, -0.05) is 23.7 Å². The molecule has 27 heavy (non-hydrogen) atoms. The second-order valence-electron chi connectivity index (χ2n) is 5.83. The van der Waals surface area contributed by atoms with Gasteiger partial charge in [0.25, 0.3) is 5.91 Å². The highest BCUT2D eigenvalue weighted by molar-refractivity contribution is 6.34. The molecule has 138 valence electrons. The first-order chi connectivity index (χ1) is 12.9. The van der Waals surface area contributed by atoms with Gasteiger partial charge in [0.15, 0.2) is 0 Å². The first-order valence-corrected chi connectivity index (χ1v) is 8.66. The molecule has 6 nitrogen and oxygen atoms in total. The lowest BCUT2D eigenvalue weighted by atomic mass is 10.1. The van der Waals surface area contributed by atoms with Crippen molar-refractivity contribution in [1.82, 2.24) is 0 Å². The average molecular weight is 385 g/mol. The molecule has 0 fully saturated rings. The Morgan fingerprint density at radius 3 is 2.59 bits per heavy atom. The summed E-state index contributed by atoms with van der Waals surface area (Å²) in [5.74, 6) is -0.744. The number of ether oxygens (including phenoxy) is 1. The summed E-state index contributed by atoms with van der Waals surface area (Å²) in [5.41, 5.74) is 2.07. The molecule has 2 aromatic carbocycles. The van der Waals surface area contributed by atoms with Gasteiger partial charge in [0.05, 0.1) is 34.2 Å². The number of benzene rings is 2. The van der Waals surface area contributed by atoms with Crippen molar-refractivity contribution in [2.24, 2.45) is 5.10 Å². The van der Waals surface area contributed by atoms with Crippen molar-refractivity contribution in [3.8, 4) is 5.75 Å². The zero-order valence-corrected chi connectivity index (χ0v) is 15.5. The van der Waals surface area contributed by atoms with Gasteiger partial charge in [-0.25, -0.2) is 4.79 Å². The summed E-state index contributed by atoms with van der Waals surface area (Å²) in [6, 6.07) is 11.7. The fourth-order valence-electron chi connectivity index (χ4n) is 2.66. The molecule has 1 amide bonds. The maximum Gasteiger partial charge on any atom is 0.337 e. The lowest BCUT2D eigenvalue weighted by molar-refractivity contribution is -0.114. The number of rotatable bonds is 5. The monoisotopic (exact) mass is 384 g/mol. The Morgan fingerprint density at radius 2 is 1.96 bits per heavy atom. The first-order valence-electron chi connectivity index (χ1n) is 8.28. The third-order valence-corrected chi connectivity index (χ3v) is 4.32. The number of anilines is 1. The van der Waals surface area contributed by atoms with Crippen LogP contribution < -0.4 is 9.75 Å². The van der Waals surface area contributed by atoms with Crippen LogP contribution >= 0.6 is 11.6 Å². The van der Waals surface area contributed by atoms with Crippen LogP contribution in [0, 0.1) is 0 Å². The summed E-state index contributed by atoms with van der Waals surface area (Å²) in [7, 11) is 0. The van der Waals surface area contributed by atoms with E-state index in [4.69, 9.17) is 16.3 Å². The fourth-order valence-corrected chi connectivity index (χ4v) is 2.86. The van der Waals surface area contributed by atoms with E-state index in [9.17, 15) is 14.7 Å². The van der Waals surface area contributed by atoms with Crippen molar-refractivity contribution in [3.63, 3.8) is 0 Å². The number of hydrazone groups is 1. The summed E-state index contributed by atoms with van der Waals surface area (Å²) >= 11 is 5.89. The molecule has 0 aliphatic carbocycles. The molecule has 0 bridgehead atoms. The zero-order valence-electron chi connectivity index (χ0n) is 14.8. The standard InChI is InChI=1S/C20H17ClN2O4/c1-3-27-15-7-4-13(5-8-15)10-16-12(2)22-23(19(16)24)14-6-9-18(21)17(11-14)20(25)26/h4-11H,3H2,1-2H3,(H,25,26). The molecule has 0 saturated carbocycles. The second-order valence-corrected chi connectivity index (χ2v) is 6.24. The summed E-state index contributed by atoms with van der Waals surface area (Å²) in [6.07, 6.45) is 1.74. The van der Waals surface area contributed by atoms with E-state index >= 15 is 0 Å². The van der Waals surface area contributed by atoms with Crippen LogP contribution in [0.1, 0.15) is 29.8 Å². The minimum atomic E-state index is -1.17. The molecule has 0 aromatic heterocycles. The average Bonchev–Trinajstić information content (AvgIpc) is 2.92. The van der Waals surface area contributed by atoms with E-state index in [0.717, 1.165) is 11.3 Å². The number of halogens is 1. The van der Waals surface area contributed by atoms with Crippen LogP contribution in [-0.4, -0.2) is 29.3 Å². The number of carboxylic acid groups (broad SMARTS) is 1. The van der Waals surface area contributed by atoms with Crippen LogP contribution in [0.4, 0.5) is 5.69 Å². The lowest BCUT2D eigenvalue weighted by Crippen LogP contribution is -2.21. The fraction of sp³-hybridized carbons (Fsp3) is 0.150. The lowest BCUT2D eigenvalue weighted by Gasteiger charge is -2.13. The van der Waals surface area contributed by atoms with E-state index in [1.54, 1.807) is 19.1 Å². The minimum Gasteiger partial charge on any atom is -0.494 e. The number of aromatic carboxylic acids is 1. The number of nitrogens with zero attached hydrogens (tertiary/aromatic N) is 2. The maximum atomic E-state index is 12.8. The topological polar surface area (TPSA) is 79.2 Å². The summed E-state index contributed by atoms with van der Waals surface area (Å²) in [5, 5.41) is 14.8. The van der Waals surface area contributed by atoms with Crippen molar-refractivity contribution >= 4 is 41.0 Å². The third kappa shape index (κ3) is 3.85. The molecule has 1 heterocycles. The minimum absolute atomic E-state index is 0.0845. The molecule has 0 unspecified atom stereocenters. The SMILES string of the molecule is CCOc1ccc(C=C2C(=O)N(c3ccc(Cl)c(C(=O)O)c3)N=C2C)cc1. The molecular weight excluding hydrogens is 368 g/mol. The van der Waals surface area contributed by atoms with E-state index in [2.05, 4.69) is 5.10 Å². The van der Waals surface area contributed by atoms with Crippen molar-refractivity contribution in [2.75, 3.05) is 11.6 Å². The van der Waals surface area contributed by atoms with E-state index in [-0.39, 0.29) is 16.5 Å². The summed E-state index contributed by atoms with van der Waals surface area (Å²) in [6.45, 7) is 4.22. The highest BCUT2D eigenvalue weighted by Gasteiger charge is 2.29. The van der Waals surface area contributed by atoms with Crippen LogP contribution in [0.3, 0.4) is 0 Å². The molecule has 1 N–H and O–H groups in total. The molecule has 3 rings (SSSR count). The Kier molecular flexibility index (Phi) is 5.28. The molecule has 2 aromatic rings.